The van der Waals surface area contributed by atoms with E-state index in [0.29, 0.717) is 12.2 Å². The summed E-state index contributed by atoms with van der Waals surface area (Å²) in [7, 11) is 1.47. The third-order valence-corrected chi connectivity index (χ3v) is 4.83. The Morgan fingerprint density at radius 3 is 2.68 bits per heavy atom. The van der Waals surface area contributed by atoms with Gasteiger partial charge in [-0.3, -0.25) is 9.59 Å². The van der Waals surface area contributed by atoms with Gasteiger partial charge in [0.05, 0.1) is 12.1 Å². The summed E-state index contributed by atoms with van der Waals surface area (Å²) in [4.78, 5) is 28.4. The second-order valence-electron chi connectivity index (χ2n) is 6.15. The van der Waals surface area contributed by atoms with Gasteiger partial charge in [-0.15, -0.1) is 11.3 Å². The number of carbonyl (C=O) groups is 2. The number of hydrogen-bond donors (Lipinski definition) is 2. The Kier molecular flexibility index (Phi) is 6.89. The van der Waals surface area contributed by atoms with Gasteiger partial charge in [-0.1, -0.05) is 42.5 Å². The van der Waals surface area contributed by atoms with Crippen molar-refractivity contribution in [3.8, 4) is 10.6 Å². The maximum atomic E-state index is 12.2. The lowest BCUT2D eigenvalue weighted by atomic mass is 10.2. The van der Waals surface area contributed by atoms with Crippen LogP contribution in [0, 0.1) is 0 Å². The van der Waals surface area contributed by atoms with E-state index >= 15 is 0 Å². The second-order valence-corrected chi connectivity index (χ2v) is 7.00. The number of benzene rings is 2. The second kappa shape index (κ2) is 9.77. The smallest absolute Gasteiger partial charge is 0.250 e. The number of methoxy groups -OCH3 is 1. The first kappa shape index (κ1) is 19.7. The minimum atomic E-state index is -0.221. The molecule has 144 valence electrons. The number of rotatable bonds is 8. The lowest BCUT2D eigenvalue weighted by Crippen LogP contribution is -2.24. The Balaban J connectivity index is 1.52. The monoisotopic (exact) mass is 395 g/mol. The van der Waals surface area contributed by atoms with Crippen LogP contribution in [0.25, 0.3) is 10.6 Å². The Morgan fingerprint density at radius 1 is 1.07 bits per heavy atom. The van der Waals surface area contributed by atoms with Crippen LogP contribution in [0.1, 0.15) is 11.3 Å². The van der Waals surface area contributed by atoms with Crippen molar-refractivity contribution in [1.82, 2.24) is 10.3 Å². The number of nitrogens with zero attached hydrogens (tertiary/aromatic N) is 1. The lowest BCUT2D eigenvalue weighted by Gasteiger charge is -2.08. The van der Waals surface area contributed by atoms with Crippen molar-refractivity contribution in [2.45, 2.75) is 13.0 Å². The van der Waals surface area contributed by atoms with Crippen LogP contribution < -0.4 is 10.6 Å². The maximum absolute atomic E-state index is 12.2. The normalized spacial score (nSPS) is 10.5. The van der Waals surface area contributed by atoms with Crippen LogP contribution in [0.5, 0.6) is 0 Å². The van der Waals surface area contributed by atoms with Gasteiger partial charge < -0.3 is 15.4 Å². The zero-order valence-corrected chi connectivity index (χ0v) is 16.3. The van der Waals surface area contributed by atoms with E-state index in [0.717, 1.165) is 21.8 Å². The van der Waals surface area contributed by atoms with Crippen molar-refractivity contribution in [2.24, 2.45) is 0 Å². The number of anilines is 1. The van der Waals surface area contributed by atoms with E-state index < -0.39 is 0 Å². The zero-order chi connectivity index (χ0) is 19.8. The molecule has 3 rings (SSSR count). The average Bonchev–Trinajstić information content (AvgIpc) is 3.16. The molecular formula is C21H21N3O3S. The van der Waals surface area contributed by atoms with E-state index in [9.17, 15) is 9.59 Å². The van der Waals surface area contributed by atoms with Crippen molar-refractivity contribution in [3.05, 3.63) is 71.2 Å². The summed E-state index contributed by atoms with van der Waals surface area (Å²) in [5, 5.41) is 8.45. The lowest BCUT2D eigenvalue weighted by molar-refractivity contribution is -0.121. The quantitative estimate of drug-likeness (QED) is 0.614. The number of aromatic nitrogens is 1. The van der Waals surface area contributed by atoms with Crippen LogP contribution in [0.15, 0.2) is 60.0 Å². The molecular weight excluding hydrogens is 374 g/mol. The Hall–Kier alpha value is -3.03. The maximum Gasteiger partial charge on any atom is 0.250 e. The van der Waals surface area contributed by atoms with Crippen molar-refractivity contribution < 1.29 is 14.3 Å². The molecule has 7 heteroatoms. The highest BCUT2D eigenvalue weighted by molar-refractivity contribution is 7.13. The fourth-order valence-electron chi connectivity index (χ4n) is 2.62. The average molecular weight is 395 g/mol. The van der Waals surface area contributed by atoms with Gasteiger partial charge in [0.25, 0.3) is 0 Å². The first-order valence-electron chi connectivity index (χ1n) is 8.78. The number of carbonyl (C=O) groups excluding carboxylic acids is 2. The van der Waals surface area contributed by atoms with Crippen LogP contribution in [0.4, 0.5) is 5.69 Å². The summed E-state index contributed by atoms with van der Waals surface area (Å²) in [6, 6.07) is 17.2. The molecule has 6 nitrogen and oxygen atoms in total. The third-order valence-electron chi connectivity index (χ3n) is 3.89. The van der Waals surface area contributed by atoms with Gasteiger partial charge in [-0.05, 0) is 17.7 Å². The molecule has 2 amide bonds. The first-order valence-corrected chi connectivity index (χ1v) is 9.66. The SMILES string of the molecule is COCC(=O)Nc1cccc(CNC(=O)Cc2csc(-c3ccccc3)n2)c1. The summed E-state index contributed by atoms with van der Waals surface area (Å²) in [5.41, 5.74) is 3.36. The summed E-state index contributed by atoms with van der Waals surface area (Å²) in [6.07, 6.45) is 0.230. The molecule has 0 unspecified atom stereocenters. The molecule has 0 bridgehead atoms. The fourth-order valence-corrected chi connectivity index (χ4v) is 3.44. The number of ether oxygens (including phenoxy) is 1. The Morgan fingerprint density at radius 2 is 1.89 bits per heavy atom. The largest absolute Gasteiger partial charge is 0.375 e. The predicted octanol–water partition coefficient (Wildman–Crippen LogP) is 3.25. The van der Waals surface area contributed by atoms with Crippen LogP contribution in [0.2, 0.25) is 0 Å². The van der Waals surface area contributed by atoms with E-state index in [-0.39, 0.29) is 24.8 Å². The fraction of sp³-hybridized carbons (Fsp3) is 0.190. The van der Waals surface area contributed by atoms with Crippen LogP contribution >= 0.6 is 11.3 Å². The Labute approximate surface area is 167 Å². The highest BCUT2D eigenvalue weighted by atomic mass is 32.1. The molecule has 2 aromatic carbocycles. The summed E-state index contributed by atoms with van der Waals surface area (Å²) in [5.74, 6) is -0.319. The van der Waals surface area contributed by atoms with Crippen molar-refractivity contribution in [1.29, 1.82) is 0 Å². The number of thiazole rings is 1. The third kappa shape index (κ3) is 5.73. The summed E-state index contributed by atoms with van der Waals surface area (Å²) >= 11 is 1.53. The van der Waals surface area contributed by atoms with Crippen molar-refractivity contribution in [2.75, 3.05) is 19.0 Å². The molecule has 0 fully saturated rings. The van der Waals surface area contributed by atoms with Gasteiger partial charge in [-0.25, -0.2) is 4.98 Å². The molecule has 2 N–H and O–H groups in total. The Bertz CT molecular complexity index is 941. The summed E-state index contributed by atoms with van der Waals surface area (Å²) < 4.78 is 4.80. The minimum Gasteiger partial charge on any atom is -0.375 e. The molecule has 0 aliphatic heterocycles. The molecule has 0 aliphatic carbocycles. The molecule has 3 aromatic rings. The summed E-state index contributed by atoms with van der Waals surface area (Å²) in [6.45, 7) is 0.377. The van der Waals surface area contributed by atoms with Gasteiger partial charge in [0.2, 0.25) is 11.8 Å². The van der Waals surface area contributed by atoms with E-state index in [1.54, 1.807) is 6.07 Å². The topological polar surface area (TPSA) is 80.3 Å². The van der Waals surface area contributed by atoms with E-state index in [1.165, 1.54) is 18.4 Å². The molecule has 28 heavy (non-hydrogen) atoms. The molecule has 0 radical (unpaired) electrons. The van der Waals surface area contributed by atoms with Gasteiger partial charge in [0.1, 0.15) is 11.6 Å². The molecule has 0 spiro atoms. The zero-order valence-electron chi connectivity index (χ0n) is 15.5. The molecule has 1 heterocycles. The molecule has 0 saturated carbocycles. The van der Waals surface area contributed by atoms with E-state index in [1.807, 2.05) is 53.9 Å². The molecule has 0 aliphatic rings. The van der Waals surface area contributed by atoms with E-state index in [2.05, 4.69) is 15.6 Å². The number of hydrogen-bond acceptors (Lipinski definition) is 5. The van der Waals surface area contributed by atoms with Gasteiger partial charge in [0.15, 0.2) is 0 Å². The van der Waals surface area contributed by atoms with Crippen LogP contribution in [-0.2, 0) is 27.3 Å². The van der Waals surface area contributed by atoms with Crippen LogP contribution in [-0.4, -0.2) is 30.5 Å². The number of nitrogens with one attached hydrogen (secondary N) is 2. The van der Waals surface area contributed by atoms with Crippen LogP contribution in [0.3, 0.4) is 0 Å². The van der Waals surface area contributed by atoms with Gasteiger partial charge in [0, 0.05) is 30.3 Å². The molecule has 0 saturated heterocycles. The van der Waals surface area contributed by atoms with E-state index in [4.69, 9.17) is 4.74 Å². The highest BCUT2D eigenvalue weighted by Crippen LogP contribution is 2.23. The predicted molar refractivity (Wildman–Crippen MR) is 110 cm³/mol. The molecule has 0 atom stereocenters. The highest BCUT2D eigenvalue weighted by Gasteiger charge is 2.09. The number of amides is 2. The standard InChI is InChI=1S/C21H21N3O3S/c1-27-13-20(26)23-17-9-5-6-15(10-17)12-22-19(25)11-18-14-28-21(24-18)16-7-3-2-4-8-16/h2-10,14H,11-13H2,1H3,(H,22,25)(H,23,26). The van der Waals surface area contributed by atoms with Gasteiger partial charge in [-0.2, -0.15) is 0 Å². The molecule has 1 aromatic heterocycles. The van der Waals surface area contributed by atoms with Crippen molar-refractivity contribution >= 4 is 28.8 Å². The first-order chi connectivity index (χ1) is 13.6. The van der Waals surface area contributed by atoms with Gasteiger partial charge >= 0.3 is 0 Å². The van der Waals surface area contributed by atoms with Crippen molar-refractivity contribution in [3.63, 3.8) is 0 Å². The minimum absolute atomic E-state index is 0.000422.